The van der Waals surface area contributed by atoms with Gasteiger partial charge in [-0.05, 0) is 29.8 Å². The van der Waals surface area contributed by atoms with E-state index >= 15 is 0 Å². The van der Waals surface area contributed by atoms with Crippen LogP contribution in [0, 0.1) is 11.6 Å². The maximum atomic E-state index is 13.0. The Bertz CT molecular complexity index is 799. The van der Waals surface area contributed by atoms with Gasteiger partial charge in [-0.1, -0.05) is 12.1 Å². The zero-order valence-corrected chi connectivity index (χ0v) is 14.1. The SMILES string of the molecule is O=C(NCc1ccc(C(=O)O)cc1)NCC(O)COc1ccc(F)c(F)c1. The van der Waals surface area contributed by atoms with Crippen molar-refractivity contribution in [3.63, 3.8) is 0 Å². The fraction of sp³-hybridized carbons (Fsp3) is 0.222. The molecule has 0 bridgehead atoms. The molecule has 0 aromatic heterocycles. The average Bonchev–Trinajstić information content (AvgIpc) is 2.66. The molecule has 27 heavy (non-hydrogen) atoms. The summed E-state index contributed by atoms with van der Waals surface area (Å²) in [6.45, 7) is -0.164. The minimum absolute atomic E-state index is 0.0576. The third-order valence-corrected chi connectivity index (χ3v) is 3.49. The van der Waals surface area contributed by atoms with Crippen molar-refractivity contribution in [2.24, 2.45) is 0 Å². The second-order valence-corrected chi connectivity index (χ2v) is 5.61. The van der Waals surface area contributed by atoms with Crippen LogP contribution in [0.3, 0.4) is 0 Å². The number of aliphatic hydroxyl groups excluding tert-OH is 1. The van der Waals surface area contributed by atoms with Gasteiger partial charge in [-0.25, -0.2) is 18.4 Å². The molecule has 2 amide bonds. The standard InChI is InChI=1S/C18H18F2N2O5/c19-15-6-5-14(7-16(15)20)27-10-13(23)9-22-18(26)21-8-11-1-3-12(4-2-11)17(24)25/h1-7,13,23H,8-10H2,(H,24,25)(H2,21,22,26). The highest BCUT2D eigenvalue weighted by atomic mass is 19.2. The number of urea groups is 1. The number of carboxylic acid groups (broad SMARTS) is 1. The molecule has 1 unspecified atom stereocenters. The number of rotatable bonds is 8. The Hall–Kier alpha value is -3.20. The second-order valence-electron chi connectivity index (χ2n) is 5.61. The molecule has 0 spiro atoms. The quantitative estimate of drug-likeness (QED) is 0.560. The molecule has 0 radical (unpaired) electrons. The lowest BCUT2D eigenvalue weighted by Gasteiger charge is -2.14. The first kappa shape index (κ1) is 20.1. The number of aromatic carboxylic acids is 1. The Morgan fingerprint density at radius 2 is 1.74 bits per heavy atom. The van der Waals surface area contributed by atoms with E-state index in [-0.39, 0.29) is 31.0 Å². The fourth-order valence-electron chi connectivity index (χ4n) is 2.04. The first-order valence-electron chi connectivity index (χ1n) is 7.95. The monoisotopic (exact) mass is 380 g/mol. The zero-order chi connectivity index (χ0) is 19.8. The Balaban J connectivity index is 1.68. The highest BCUT2D eigenvalue weighted by molar-refractivity contribution is 5.87. The first-order valence-corrected chi connectivity index (χ1v) is 7.95. The van der Waals surface area contributed by atoms with Crippen molar-refractivity contribution in [1.82, 2.24) is 10.6 Å². The van der Waals surface area contributed by atoms with E-state index < -0.39 is 29.7 Å². The average molecular weight is 380 g/mol. The van der Waals surface area contributed by atoms with Gasteiger partial charge >= 0.3 is 12.0 Å². The van der Waals surface area contributed by atoms with Gasteiger partial charge in [0.2, 0.25) is 0 Å². The first-order chi connectivity index (χ1) is 12.8. The highest BCUT2D eigenvalue weighted by Crippen LogP contribution is 2.15. The van der Waals surface area contributed by atoms with E-state index in [0.717, 1.165) is 12.1 Å². The van der Waals surface area contributed by atoms with E-state index in [2.05, 4.69) is 10.6 Å². The Kier molecular flexibility index (Phi) is 7.07. The number of benzene rings is 2. The van der Waals surface area contributed by atoms with E-state index in [4.69, 9.17) is 9.84 Å². The zero-order valence-electron chi connectivity index (χ0n) is 14.1. The number of nitrogens with one attached hydrogen (secondary N) is 2. The van der Waals surface area contributed by atoms with Gasteiger partial charge in [0.1, 0.15) is 18.5 Å². The Morgan fingerprint density at radius 3 is 2.37 bits per heavy atom. The normalized spacial score (nSPS) is 11.5. The number of aliphatic hydroxyl groups is 1. The Labute approximate surface area is 153 Å². The number of carboxylic acids is 1. The topological polar surface area (TPSA) is 108 Å². The van der Waals surface area contributed by atoms with Crippen molar-refractivity contribution in [3.8, 4) is 5.75 Å². The number of halogens is 2. The predicted octanol–water partition coefficient (Wildman–Crippen LogP) is 1.90. The molecule has 9 heteroatoms. The molecule has 0 heterocycles. The molecule has 0 saturated heterocycles. The van der Waals surface area contributed by atoms with Gasteiger partial charge in [0, 0.05) is 19.2 Å². The minimum atomic E-state index is -1.06. The summed E-state index contributed by atoms with van der Waals surface area (Å²) in [4.78, 5) is 22.4. The highest BCUT2D eigenvalue weighted by Gasteiger charge is 2.10. The van der Waals surface area contributed by atoms with E-state index in [1.165, 1.54) is 18.2 Å². The lowest BCUT2D eigenvalue weighted by molar-refractivity contribution is 0.0697. The number of hydrogen-bond acceptors (Lipinski definition) is 4. The molecule has 2 aromatic rings. The number of carbonyl (C=O) groups excluding carboxylic acids is 1. The molecule has 0 aliphatic rings. The summed E-state index contributed by atoms with van der Waals surface area (Å²) in [5, 5.41) is 23.5. The van der Waals surface area contributed by atoms with E-state index in [9.17, 15) is 23.5 Å². The van der Waals surface area contributed by atoms with E-state index in [1.807, 2.05) is 0 Å². The van der Waals surface area contributed by atoms with Crippen molar-refractivity contribution in [2.45, 2.75) is 12.6 Å². The van der Waals surface area contributed by atoms with Crippen LogP contribution in [0.1, 0.15) is 15.9 Å². The van der Waals surface area contributed by atoms with E-state index in [0.29, 0.717) is 5.56 Å². The maximum absolute atomic E-state index is 13.0. The molecule has 2 rings (SSSR count). The van der Waals surface area contributed by atoms with Crippen LogP contribution in [-0.4, -0.2) is 41.5 Å². The third kappa shape index (κ3) is 6.55. The van der Waals surface area contributed by atoms with E-state index in [1.54, 1.807) is 12.1 Å². The smallest absolute Gasteiger partial charge is 0.335 e. The summed E-state index contributed by atoms with van der Waals surface area (Å²) in [5.41, 5.74) is 0.852. The summed E-state index contributed by atoms with van der Waals surface area (Å²) >= 11 is 0. The van der Waals surface area contributed by atoms with Crippen LogP contribution < -0.4 is 15.4 Å². The van der Waals surface area contributed by atoms with Gasteiger partial charge in [-0.3, -0.25) is 0 Å². The van der Waals surface area contributed by atoms with Gasteiger partial charge in [0.25, 0.3) is 0 Å². The molecular weight excluding hydrogens is 362 g/mol. The molecule has 0 fully saturated rings. The van der Waals surface area contributed by atoms with Crippen LogP contribution in [0.2, 0.25) is 0 Å². The summed E-state index contributed by atoms with van der Waals surface area (Å²) in [6, 6.07) is 8.46. The molecule has 7 nitrogen and oxygen atoms in total. The van der Waals surface area contributed by atoms with Crippen molar-refractivity contribution in [3.05, 3.63) is 65.2 Å². The van der Waals surface area contributed by atoms with Crippen LogP contribution in [0.5, 0.6) is 5.75 Å². The number of carbonyl (C=O) groups is 2. The summed E-state index contributed by atoms with van der Waals surface area (Å²) in [6.07, 6.45) is -1.06. The van der Waals surface area contributed by atoms with Crippen LogP contribution in [0.25, 0.3) is 0 Å². The molecule has 0 aliphatic heterocycles. The Morgan fingerprint density at radius 1 is 1.04 bits per heavy atom. The largest absolute Gasteiger partial charge is 0.491 e. The maximum Gasteiger partial charge on any atom is 0.335 e. The number of hydrogen-bond donors (Lipinski definition) is 4. The number of ether oxygens (including phenoxy) is 1. The van der Waals surface area contributed by atoms with Crippen molar-refractivity contribution >= 4 is 12.0 Å². The van der Waals surface area contributed by atoms with Crippen molar-refractivity contribution in [2.75, 3.05) is 13.2 Å². The van der Waals surface area contributed by atoms with Crippen LogP contribution in [-0.2, 0) is 6.54 Å². The second kappa shape index (κ2) is 9.48. The fourth-order valence-corrected chi connectivity index (χ4v) is 2.04. The van der Waals surface area contributed by atoms with Gasteiger partial charge in [0.15, 0.2) is 11.6 Å². The van der Waals surface area contributed by atoms with Crippen LogP contribution in [0.4, 0.5) is 13.6 Å². The molecular formula is C18H18F2N2O5. The van der Waals surface area contributed by atoms with Crippen molar-refractivity contribution in [1.29, 1.82) is 0 Å². The third-order valence-electron chi connectivity index (χ3n) is 3.49. The molecule has 144 valence electrons. The minimum Gasteiger partial charge on any atom is -0.491 e. The summed E-state index contributed by atoms with van der Waals surface area (Å²) < 4.78 is 30.9. The van der Waals surface area contributed by atoms with Crippen LogP contribution in [0.15, 0.2) is 42.5 Å². The molecule has 0 aliphatic carbocycles. The van der Waals surface area contributed by atoms with Gasteiger partial charge in [-0.15, -0.1) is 0 Å². The molecule has 1 atom stereocenters. The molecule has 0 saturated carbocycles. The molecule has 4 N–H and O–H groups in total. The van der Waals surface area contributed by atoms with Crippen molar-refractivity contribution < 1.29 is 33.3 Å². The number of amides is 2. The van der Waals surface area contributed by atoms with Gasteiger partial charge < -0.3 is 25.6 Å². The van der Waals surface area contributed by atoms with Gasteiger partial charge in [0.05, 0.1) is 5.56 Å². The van der Waals surface area contributed by atoms with Crippen LogP contribution >= 0.6 is 0 Å². The summed E-state index contributed by atoms with van der Waals surface area (Å²) in [5.74, 6) is -3.04. The lowest BCUT2D eigenvalue weighted by atomic mass is 10.1. The summed E-state index contributed by atoms with van der Waals surface area (Å²) in [7, 11) is 0. The van der Waals surface area contributed by atoms with Gasteiger partial charge in [-0.2, -0.15) is 0 Å². The lowest BCUT2D eigenvalue weighted by Crippen LogP contribution is -2.41. The molecule has 2 aromatic carbocycles. The predicted molar refractivity (Wildman–Crippen MR) is 91.5 cm³/mol.